The van der Waals surface area contributed by atoms with Crippen molar-refractivity contribution < 1.29 is 13.2 Å². The van der Waals surface area contributed by atoms with E-state index in [1.807, 2.05) is 36.4 Å². The van der Waals surface area contributed by atoms with Gasteiger partial charge in [-0.2, -0.15) is 4.31 Å². The Hall–Kier alpha value is -2.29. The summed E-state index contributed by atoms with van der Waals surface area (Å²) in [5, 5.41) is 2.88. The van der Waals surface area contributed by atoms with Gasteiger partial charge in [0.25, 0.3) is 5.91 Å². The van der Waals surface area contributed by atoms with E-state index in [0.29, 0.717) is 38.3 Å². The topological polar surface area (TPSA) is 82.6 Å². The van der Waals surface area contributed by atoms with Crippen LogP contribution in [0.3, 0.4) is 0 Å². The molecule has 1 N–H and O–H groups in total. The molecule has 2 heterocycles. The van der Waals surface area contributed by atoms with E-state index in [1.165, 1.54) is 10.6 Å². The summed E-state index contributed by atoms with van der Waals surface area (Å²) in [6, 6.07) is 11.3. The number of hydrogen-bond acceptors (Lipinski definition) is 5. The Labute approximate surface area is 160 Å². The zero-order valence-corrected chi connectivity index (χ0v) is 16.2. The maximum absolute atomic E-state index is 12.2. The van der Waals surface area contributed by atoms with Gasteiger partial charge >= 0.3 is 0 Å². The average Bonchev–Trinajstić information content (AvgIpc) is 2.67. The number of carbonyl (C=O) groups is 1. The highest BCUT2D eigenvalue weighted by molar-refractivity contribution is 7.88. The van der Waals surface area contributed by atoms with Crippen LogP contribution in [0.5, 0.6) is 0 Å². The Bertz CT molecular complexity index is 862. The van der Waals surface area contributed by atoms with Gasteiger partial charge in [-0.05, 0) is 29.3 Å². The molecule has 1 aromatic heterocycles. The largest absolute Gasteiger partial charge is 0.348 e. The maximum Gasteiger partial charge on any atom is 0.251 e. The van der Waals surface area contributed by atoms with Crippen molar-refractivity contribution in [2.24, 2.45) is 0 Å². The van der Waals surface area contributed by atoms with Crippen LogP contribution in [-0.2, 0) is 23.1 Å². The third kappa shape index (κ3) is 5.59. The molecule has 1 amide bonds. The van der Waals surface area contributed by atoms with Crippen LogP contribution in [0.4, 0.5) is 0 Å². The van der Waals surface area contributed by atoms with Crippen LogP contribution in [0.1, 0.15) is 21.5 Å². The molecule has 0 spiro atoms. The number of sulfonamides is 1. The number of nitrogens with one attached hydrogen (secondary N) is 1. The van der Waals surface area contributed by atoms with E-state index >= 15 is 0 Å². The Balaban J connectivity index is 1.49. The SMILES string of the molecule is CS(=O)(=O)N1CCN(Cc2ccc(C(=O)NCc3cccnc3)cc2)CC1. The highest BCUT2D eigenvalue weighted by Crippen LogP contribution is 2.12. The van der Waals surface area contributed by atoms with E-state index in [1.54, 1.807) is 12.4 Å². The van der Waals surface area contributed by atoms with Crippen LogP contribution in [0.25, 0.3) is 0 Å². The lowest BCUT2D eigenvalue weighted by atomic mass is 10.1. The molecule has 0 aliphatic carbocycles. The second-order valence-electron chi connectivity index (χ2n) is 6.68. The van der Waals surface area contributed by atoms with Crippen molar-refractivity contribution in [2.45, 2.75) is 13.1 Å². The zero-order chi connectivity index (χ0) is 19.3. The van der Waals surface area contributed by atoms with Crippen LogP contribution >= 0.6 is 0 Å². The fourth-order valence-corrected chi connectivity index (χ4v) is 3.85. The quantitative estimate of drug-likeness (QED) is 0.801. The number of benzene rings is 1. The predicted octanol–water partition coefficient (Wildman–Crippen LogP) is 1.09. The number of pyridine rings is 1. The summed E-state index contributed by atoms with van der Waals surface area (Å²) in [5.74, 6) is -0.118. The van der Waals surface area contributed by atoms with Gasteiger partial charge in [-0.1, -0.05) is 18.2 Å². The van der Waals surface area contributed by atoms with Gasteiger partial charge in [0.05, 0.1) is 6.26 Å². The highest BCUT2D eigenvalue weighted by Gasteiger charge is 2.23. The van der Waals surface area contributed by atoms with E-state index in [4.69, 9.17) is 0 Å². The lowest BCUT2D eigenvalue weighted by Gasteiger charge is -2.33. The number of nitrogens with zero attached hydrogens (tertiary/aromatic N) is 3. The minimum absolute atomic E-state index is 0.118. The van der Waals surface area contributed by atoms with Gasteiger partial charge in [0, 0.05) is 57.2 Å². The minimum atomic E-state index is -3.10. The molecule has 1 aliphatic heterocycles. The molecule has 1 fully saturated rings. The molecular formula is C19H24N4O3S. The lowest BCUT2D eigenvalue weighted by molar-refractivity contribution is 0.0951. The molecule has 0 saturated carbocycles. The van der Waals surface area contributed by atoms with Gasteiger partial charge < -0.3 is 5.32 Å². The first-order valence-corrected chi connectivity index (χ1v) is 10.7. The number of hydrogen-bond donors (Lipinski definition) is 1. The molecule has 3 rings (SSSR count). The van der Waals surface area contributed by atoms with E-state index in [9.17, 15) is 13.2 Å². The fourth-order valence-electron chi connectivity index (χ4n) is 3.03. The summed E-state index contributed by atoms with van der Waals surface area (Å²) in [5.41, 5.74) is 2.67. The molecule has 1 aromatic carbocycles. The Morgan fingerprint density at radius 1 is 1.07 bits per heavy atom. The van der Waals surface area contributed by atoms with Crippen molar-refractivity contribution in [2.75, 3.05) is 32.4 Å². The molecular weight excluding hydrogens is 364 g/mol. The van der Waals surface area contributed by atoms with Crippen molar-refractivity contribution in [1.82, 2.24) is 19.5 Å². The minimum Gasteiger partial charge on any atom is -0.348 e. The van der Waals surface area contributed by atoms with Crippen molar-refractivity contribution >= 4 is 15.9 Å². The van der Waals surface area contributed by atoms with Crippen LogP contribution in [0.2, 0.25) is 0 Å². The summed E-state index contributed by atoms with van der Waals surface area (Å²) >= 11 is 0. The molecule has 0 atom stereocenters. The first-order valence-electron chi connectivity index (χ1n) is 8.85. The van der Waals surface area contributed by atoms with Crippen molar-refractivity contribution in [3.63, 3.8) is 0 Å². The fraction of sp³-hybridized carbons (Fsp3) is 0.368. The van der Waals surface area contributed by atoms with Gasteiger partial charge in [0.15, 0.2) is 0 Å². The summed E-state index contributed by atoms with van der Waals surface area (Å²) in [4.78, 5) is 18.5. The Morgan fingerprint density at radius 2 is 1.78 bits per heavy atom. The van der Waals surface area contributed by atoms with Crippen LogP contribution in [0.15, 0.2) is 48.8 Å². The summed E-state index contributed by atoms with van der Waals surface area (Å²) in [6.45, 7) is 3.65. The van der Waals surface area contributed by atoms with E-state index < -0.39 is 10.0 Å². The standard InChI is InChI=1S/C19H24N4O3S/c1-27(25,26)23-11-9-22(10-12-23)15-16-4-6-18(7-5-16)19(24)21-14-17-3-2-8-20-13-17/h2-8,13H,9-12,14-15H2,1H3,(H,21,24). The monoisotopic (exact) mass is 388 g/mol. The summed E-state index contributed by atoms with van der Waals surface area (Å²) < 4.78 is 24.6. The third-order valence-corrected chi connectivity index (χ3v) is 5.90. The molecule has 1 saturated heterocycles. The smallest absolute Gasteiger partial charge is 0.251 e. The van der Waals surface area contributed by atoms with Crippen LogP contribution < -0.4 is 5.32 Å². The number of rotatable bonds is 6. The van der Waals surface area contributed by atoms with Crippen LogP contribution in [0, 0.1) is 0 Å². The van der Waals surface area contributed by atoms with Gasteiger partial charge in [-0.25, -0.2) is 8.42 Å². The van der Waals surface area contributed by atoms with Crippen molar-refractivity contribution in [3.8, 4) is 0 Å². The maximum atomic E-state index is 12.2. The first kappa shape index (κ1) is 19.5. The molecule has 0 unspecified atom stereocenters. The van der Waals surface area contributed by atoms with E-state index in [2.05, 4.69) is 15.2 Å². The lowest BCUT2D eigenvalue weighted by Crippen LogP contribution is -2.47. The summed E-state index contributed by atoms with van der Waals surface area (Å²) in [6.07, 6.45) is 4.68. The van der Waals surface area contributed by atoms with Crippen molar-refractivity contribution in [1.29, 1.82) is 0 Å². The first-order chi connectivity index (χ1) is 12.9. The second-order valence-corrected chi connectivity index (χ2v) is 8.66. The second kappa shape index (κ2) is 8.60. The molecule has 1 aliphatic rings. The molecule has 27 heavy (non-hydrogen) atoms. The highest BCUT2D eigenvalue weighted by atomic mass is 32.2. The average molecular weight is 388 g/mol. The summed E-state index contributed by atoms with van der Waals surface area (Å²) in [7, 11) is -3.10. The van der Waals surface area contributed by atoms with Gasteiger partial charge in [0.2, 0.25) is 10.0 Å². The van der Waals surface area contributed by atoms with Crippen LogP contribution in [-0.4, -0.2) is 60.9 Å². The molecule has 144 valence electrons. The molecule has 0 bridgehead atoms. The number of carbonyl (C=O) groups excluding carboxylic acids is 1. The van der Waals surface area contributed by atoms with Gasteiger partial charge in [0.1, 0.15) is 0 Å². The normalized spacial score (nSPS) is 16.2. The van der Waals surface area contributed by atoms with E-state index in [-0.39, 0.29) is 5.91 Å². The Morgan fingerprint density at radius 3 is 2.37 bits per heavy atom. The van der Waals surface area contributed by atoms with Gasteiger partial charge in [-0.15, -0.1) is 0 Å². The van der Waals surface area contributed by atoms with Gasteiger partial charge in [-0.3, -0.25) is 14.7 Å². The molecule has 8 heteroatoms. The molecule has 0 radical (unpaired) electrons. The van der Waals surface area contributed by atoms with E-state index in [0.717, 1.165) is 17.7 Å². The number of aromatic nitrogens is 1. The molecule has 7 nitrogen and oxygen atoms in total. The number of amides is 1. The Kier molecular flexibility index (Phi) is 6.20. The predicted molar refractivity (Wildman–Crippen MR) is 104 cm³/mol. The third-order valence-electron chi connectivity index (χ3n) is 4.60. The van der Waals surface area contributed by atoms with Crippen molar-refractivity contribution in [3.05, 3.63) is 65.5 Å². The number of piperazine rings is 1. The molecule has 2 aromatic rings. The zero-order valence-electron chi connectivity index (χ0n) is 15.3.